The maximum Gasteiger partial charge on any atom is 0.279 e. The van der Waals surface area contributed by atoms with Gasteiger partial charge >= 0.3 is 0 Å². The van der Waals surface area contributed by atoms with E-state index in [2.05, 4.69) is 35.3 Å². The number of morpholine rings is 1. The van der Waals surface area contributed by atoms with Gasteiger partial charge in [0.2, 0.25) is 0 Å². The van der Waals surface area contributed by atoms with Crippen LogP contribution in [0.25, 0.3) is 0 Å². The first kappa shape index (κ1) is 21.3. The second-order valence-electron chi connectivity index (χ2n) is 8.04. The molecule has 28 heavy (non-hydrogen) atoms. The standard InChI is InChI=1S/C19H27N3O4S2/c1-19(2)12-15-14(6-5-7-20-28(24,25)21(3)4)18(22-8-10-26-11-9-22)27-17(15)16(23)13-19/h20H,7-13H2,1-4H3. The highest BCUT2D eigenvalue weighted by molar-refractivity contribution is 7.87. The molecule has 1 aromatic heterocycles. The number of nitrogens with zero attached hydrogens (tertiary/aromatic N) is 2. The molecule has 1 aliphatic heterocycles. The van der Waals surface area contributed by atoms with Gasteiger partial charge in [0, 0.05) is 33.6 Å². The minimum absolute atomic E-state index is 0.0189. The number of ether oxygens (including phenoxy) is 1. The minimum Gasteiger partial charge on any atom is -0.378 e. The molecule has 0 atom stereocenters. The topological polar surface area (TPSA) is 79.0 Å². The van der Waals surface area contributed by atoms with Crippen molar-refractivity contribution in [2.45, 2.75) is 26.7 Å². The molecule has 0 spiro atoms. The molecule has 0 radical (unpaired) electrons. The van der Waals surface area contributed by atoms with Crippen LogP contribution in [0.5, 0.6) is 0 Å². The fraction of sp³-hybridized carbons (Fsp3) is 0.632. The average molecular weight is 426 g/mol. The van der Waals surface area contributed by atoms with Gasteiger partial charge in [0.05, 0.1) is 30.2 Å². The fourth-order valence-electron chi connectivity index (χ4n) is 3.41. The molecule has 1 aromatic rings. The molecule has 1 aliphatic carbocycles. The summed E-state index contributed by atoms with van der Waals surface area (Å²) in [5.41, 5.74) is 1.78. The Morgan fingerprint density at radius 1 is 1.25 bits per heavy atom. The molecule has 2 heterocycles. The van der Waals surface area contributed by atoms with Crippen molar-refractivity contribution in [3.05, 3.63) is 16.0 Å². The van der Waals surface area contributed by atoms with Crippen LogP contribution in [-0.4, -0.2) is 65.4 Å². The molecular weight excluding hydrogens is 398 g/mol. The van der Waals surface area contributed by atoms with Gasteiger partial charge in [0.1, 0.15) is 5.00 Å². The lowest BCUT2D eigenvalue weighted by Gasteiger charge is -2.29. The van der Waals surface area contributed by atoms with Gasteiger partial charge in [-0.2, -0.15) is 17.4 Å². The Morgan fingerprint density at radius 2 is 1.93 bits per heavy atom. The first-order valence-corrected chi connectivity index (χ1v) is 11.5. The predicted octanol–water partition coefficient (Wildman–Crippen LogP) is 1.49. The largest absolute Gasteiger partial charge is 0.378 e. The zero-order valence-corrected chi connectivity index (χ0v) is 18.4. The van der Waals surface area contributed by atoms with Crippen molar-refractivity contribution in [1.82, 2.24) is 9.03 Å². The van der Waals surface area contributed by atoms with Crippen LogP contribution in [0.2, 0.25) is 0 Å². The van der Waals surface area contributed by atoms with Gasteiger partial charge in [0.15, 0.2) is 5.78 Å². The number of thiophene rings is 1. The number of carbonyl (C=O) groups is 1. The summed E-state index contributed by atoms with van der Waals surface area (Å²) in [6.07, 6.45) is 1.33. The van der Waals surface area contributed by atoms with Gasteiger partial charge in [-0.25, -0.2) is 0 Å². The molecular formula is C19H27N3O4S2. The van der Waals surface area contributed by atoms with Crippen LogP contribution in [-0.2, 0) is 21.4 Å². The van der Waals surface area contributed by atoms with Gasteiger partial charge in [0.25, 0.3) is 10.2 Å². The zero-order valence-electron chi connectivity index (χ0n) is 16.8. The monoisotopic (exact) mass is 425 g/mol. The SMILES string of the molecule is CN(C)S(=O)(=O)NCC#Cc1c(N2CCOCC2)sc2c1CC(C)(C)CC2=O. The van der Waals surface area contributed by atoms with E-state index in [4.69, 9.17) is 4.74 Å². The van der Waals surface area contributed by atoms with E-state index < -0.39 is 10.2 Å². The van der Waals surface area contributed by atoms with Crippen molar-refractivity contribution in [1.29, 1.82) is 0 Å². The van der Waals surface area contributed by atoms with Crippen molar-refractivity contribution in [3.8, 4) is 11.8 Å². The summed E-state index contributed by atoms with van der Waals surface area (Å²) in [4.78, 5) is 15.7. The Morgan fingerprint density at radius 3 is 2.57 bits per heavy atom. The molecule has 1 fully saturated rings. The Balaban J connectivity index is 1.94. The Hall–Kier alpha value is -1.44. The molecule has 0 unspecified atom stereocenters. The van der Waals surface area contributed by atoms with Crippen molar-refractivity contribution < 1.29 is 17.9 Å². The molecule has 154 valence electrons. The first-order chi connectivity index (χ1) is 13.1. The number of Topliss-reactive ketones (excluding diaryl/α,β-unsaturated/α-hetero) is 1. The molecule has 9 heteroatoms. The third-order valence-corrected chi connectivity index (χ3v) is 7.68. The summed E-state index contributed by atoms with van der Waals surface area (Å²) < 4.78 is 32.7. The van der Waals surface area contributed by atoms with E-state index in [9.17, 15) is 13.2 Å². The molecule has 0 bridgehead atoms. The van der Waals surface area contributed by atoms with Gasteiger partial charge in [-0.15, -0.1) is 11.3 Å². The number of anilines is 1. The number of nitrogens with one attached hydrogen (secondary N) is 1. The molecule has 0 amide bonds. The highest BCUT2D eigenvalue weighted by Crippen LogP contribution is 2.44. The Labute approximate surface area is 171 Å². The second-order valence-corrected chi connectivity index (χ2v) is 11.0. The summed E-state index contributed by atoms with van der Waals surface area (Å²) in [5.74, 6) is 6.28. The van der Waals surface area contributed by atoms with Crippen LogP contribution in [0.4, 0.5) is 5.00 Å². The highest BCUT2D eigenvalue weighted by atomic mass is 32.2. The first-order valence-electron chi connectivity index (χ1n) is 9.28. The third-order valence-electron chi connectivity index (χ3n) is 4.87. The summed E-state index contributed by atoms with van der Waals surface area (Å²) >= 11 is 1.52. The molecule has 0 saturated carbocycles. The van der Waals surface area contributed by atoms with Gasteiger partial charge in [-0.1, -0.05) is 25.7 Å². The summed E-state index contributed by atoms with van der Waals surface area (Å²) in [6, 6.07) is 0. The maximum atomic E-state index is 12.7. The quantitative estimate of drug-likeness (QED) is 0.740. The highest BCUT2D eigenvalue weighted by Gasteiger charge is 2.36. The number of rotatable bonds is 4. The van der Waals surface area contributed by atoms with Crippen LogP contribution < -0.4 is 9.62 Å². The smallest absolute Gasteiger partial charge is 0.279 e. The average Bonchev–Trinajstić information content (AvgIpc) is 2.97. The maximum absolute atomic E-state index is 12.7. The van der Waals surface area contributed by atoms with Gasteiger partial charge in [-0.05, 0) is 17.4 Å². The fourth-order valence-corrected chi connectivity index (χ4v) is 5.19. The molecule has 0 aromatic carbocycles. The van der Waals surface area contributed by atoms with E-state index in [1.54, 1.807) is 0 Å². The number of carbonyl (C=O) groups excluding carboxylic acids is 1. The van der Waals surface area contributed by atoms with E-state index in [0.717, 1.165) is 44.8 Å². The lowest BCUT2D eigenvalue weighted by Crippen LogP contribution is -2.36. The van der Waals surface area contributed by atoms with Crippen molar-refractivity contribution in [2.75, 3.05) is 51.8 Å². The number of fused-ring (bicyclic) bond motifs is 1. The van der Waals surface area contributed by atoms with Crippen LogP contribution in [0, 0.1) is 17.3 Å². The van der Waals surface area contributed by atoms with E-state index in [0.29, 0.717) is 19.6 Å². The summed E-state index contributed by atoms with van der Waals surface area (Å²) in [7, 11) is -0.577. The Kier molecular flexibility index (Phi) is 6.17. The van der Waals surface area contributed by atoms with E-state index in [1.165, 1.54) is 25.4 Å². The lowest BCUT2D eigenvalue weighted by atomic mass is 9.75. The van der Waals surface area contributed by atoms with Gasteiger partial charge in [-0.3, -0.25) is 4.79 Å². The van der Waals surface area contributed by atoms with Crippen molar-refractivity contribution in [3.63, 3.8) is 0 Å². The van der Waals surface area contributed by atoms with E-state index in [-0.39, 0.29) is 17.7 Å². The van der Waals surface area contributed by atoms with Gasteiger partial charge < -0.3 is 9.64 Å². The van der Waals surface area contributed by atoms with Crippen LogP contribution in [0.3, 0.4) is 0 Å². The Bertz CT molecular complexity index is 917. The molecule has 2 aliphatic rings. The molecule has 7 nitrogen and oxygen atoms in total. The van der Waals surface area contributed by atoms with E-state index >= 15 is 0 Å². The van der Waals surface area contributed by atoms with E-state index in [1.807, 2.05) is 0 Å². The van der Waals surface area contributed by atoms with Crippen molar-refractivity contribution >= 4 is 32.3 Å². The predicted molar refractivity (Wildman–Crippen MR) is 111 cm³/mol. The molecule has 3 rings (SSSR count). The molecule has 1 N–H and O–H groups in total. The van der Waals surface area contributed by atoms with Crippen LogP contribution in [0.1, 0.15) is 41.1 Å². The number of hydrogen-bond donors (Lipinski definition) is 1. The number of hydrogen-bond acceptors (Lipinski definition) is 6. The van der Waals surface area contributed by atoms with Crippen LogP contribution >= 0.6 is 11.3 Å². The lowest BCUT2D eigenvalue weighted by molar-refractivity contribution is 0.0917. The normalized spacial score (nSPS) is 19.3. The minimum atomic E-state index is -3.51. The summed E-state index contributed by atoms with van der Waals surface area (Å²) in [5, 5.41) is 1.00. The zero-order chi connectivity index (χ0) is 20.5. The molecule has 1 saturated heterocycles. The summed E-state index contributed by atoms with van der Waals surface area (Å²) in [6.45, 7) is 7.04. The number of ketones is 1. The van der Waals surface area contributed by atoms with Crippen LogP contribution in [0.15, 0.2) is 0 Å². The third kappa shape index (κ3) is 4.58. The second kappa shape index (κ2) is 8.13. The van der Waals surface area contributed by atoms with Crippen molar-refractivity contribution in [2.24, 2.45) is 5.41 Å².